The van der Waals surface area contributed by atoms with Crippen molar-refractivity contribution in [2.75, 3.05) is 0 Å². The van der Waals surface area contributed by atoms with Crippen LogP contribution in [0.5, 0.6) is 0 Å². The molecule has 6 heteroatoms. The second-order valence-electron chi connectivity index (χ2n) is 5.95. The average Bonchev–Trinajstić information content (AvgIpc) is 3.09. The molecule has 3 aromatic carbocycles. The first-order chi connectivity index (χ1) is 12.8. The van der Waals surface area contributed by atoms with E-state index in [0.29, 0.717) is 6.54 Å². The molecule has 0 atom stereocenters. The van der Waals surface area contributed by atoms with Gasteiger partial charge in [0.25, 0.3) is 0 Å². The Morgan fingerprint density at radius 3 is 2.77 bits per heavy atom. The lowest BCUT2D eigenvalue weighted by atomic mass is 10.1. The summed E-state index contributed by atoms with van der Waals surface area (Å²) in [5, 5.41) is 14.5. The van der Waals surface area contributed by atoms with Gasteiger partial charge < -0.3 is 0 Å². The van der Waals surface area contributed by atoms with Gasteiger partial charge in [-0.15, -0.1) is 5.10 Å². The van der Waals surface area contributed by atoms with Gasteiger partial charge in [-0.25, -0.2) is 10.1 Å². The molecule has 0 spiro atoms. The van der Waals surface area contributed by atoms with E-state index in [-0.39, 0.29) is 12.3 Å². The van der Waals surface area contributed by atoms with E-state index in [2.05, 4.69) is 26.9 Å². The van der Waals surface area contributed by atoms with Gasteiger partial charge >= 0.3 is 0 Å². The summed E-state index contributed by atoms with van der Waals surface area (Å²) in [6.07, 6.45) is 1.93. The maximum Gasteiger partial charge on any atom is 0.241 e. The zero-order valence-corrected chi connectivity index (χ0v) is 14.0. The van der Waals surface area contributed by atoms with Crippen molar-refractivity contribution in [3.8, 4) is 0 Å². The van der Waals surface area contributed by atoms with Gasteiger partial charge in [0.05, 0.1) is 18.3 Å². The van der Waals surface area contributed by atoms with Gasteiger partial charge in [-0.2, -0.15) is 5.10 Å². The molecular weight excluding hydrogens is 326 g/mol. The molecule has 26 heavy (non-hydrogen) atoms. The third-order valence-corrected chi connectivity index (χ3v) is 4.15. The number of hydrazone groups is 1. The molecule has 0 unspecified atom stereocenters. The van der Waals surface area contributed by atoms with Crippen LogP contribution in [0, 0.1) is 0 Å². The van der Waals surface area contributed by atoms with Gasteiger partial charge in [0.1, 0.15) is 5.52 Å². The number of para-hydroxylation sites is 1. The molecule has 128 valence electrons. The minimum atomic E-state index is -0.165. The number of nitrogens with zero attached hydrogens (tertiary/aromatic N) is 4. The first kappa shape index (κ1) is 16.0. The molecule has 4 rings (SSSR count). The van der Waals surface area contributed by atoms with Crippen LogP contribution in [0.1, 0.15) is 12.0 Å². The fourth-order valence-corrected chi connectivity index (χ4v) is 2.81. The Bertz CT molecular complexity index is 1100. The molecule has 1 aromatic heterocycles. The monoisotopic (exact) mass is 343 g/mol. The molecule has 1 N–H and O–H groups in total. The predicted octanol–water partition coefficient (Wildman–Crippen LogP) is 3.12. The Labute approximate surface area is 150 Å². The zero-order valence-electron chi connectivity index (χ0n) is 14.0. The molecule has 0 aliphatic rings. The summed E-state index contributed by atoms with van der Waals surface area (Å²) in [5.74, 6) is -0.165. The highest BCUT2D eigenvalue weighted by Crippen LogP contribution is 2.14. The quantitative estimate of drug-likeness (QED) is 0.447. The van der Waals surface area contributed by atoms with Crippen molar-refractivity contribution in [2.45, 2.75) is 13.0 Å². The Balaban J connectivity index is 1.35. The lowest BCUT2D eigenvalue weighted by Crippen LogP contribution is -2.19. The average molecular weight is 343 g/mol. The summed E-state index contributed by atoms with van der Waals surface area (Å²) >= 11 is 0. The first-order valence-electron chi connectivity index (χ1n) is 8.38. The number of benzene rings is 3. The fourth-order valence-electron chi connectivity index (χ4n) is 2.81. The Morgan fingerprint density at radius 2 is 1.85 bits per heavy atom. The number of amides is 1. The van der Waals surface area contributed by atoms with E-state index in [0.717, 1.165) is 22.0 Å². The van der Waals surface area contributed by atoms with Crippen molar-refractivity contribution in [1.29, 1.82) is 0 Å². The summed E-state index contributed by atoms with van der Waals surface area (Å²) in [5.41, 5.74) is 5.23. The van der Waals surface area contributed by atoms with Gasteiger partial charge in [0.15, 0.2) is 0 Å². The zero-order chi connectivity index (χ0) is 17.8. The van der Waals surface area contributed by atoms with Gasteiger partial charge in [0.2, 0.25) is 5.91 Å². The van der Waals surface area contributed by atoms with Crippen molar-refractivity contribution < 1.29 is 4.79 Å². The van der Waals surface area contributed by atoms with Crippen LogP contribution < -0.4 is 5.43 Å². The van der Waals surface area contributed by atoms with Gasteiger partial charge in [-0.05, 0) is 34.5 Å². The van der Waals surface area contributed by atoms with Crippen molar-refractivity contribution in [2.24, 2.45) is 5.10 Å². The largest absolute Gasteiger partial charge is 0.273 e. The summed E-state index contributed by atoms with van der Waals surface area (Å²) in [6.45, 7) is 0.456. The van der Waals surface area contributed by atoms with Crippen LogP contribution in [0.25, 0.3) is 21.8 Å². The topological polar surface area (TPSA) is 72.2 Å². The molecule has 0 saturated heterocycles. The van der Waals surface area contributed by atoms with Crippen LogP contribution in [0.2, 0.25) is 0 Å². The third kappa shape index (κ3) is 3.44. The number of rotatable bonds is 5. The number of nitrogens with one attached hydrogen (secondary N) is 1. The molecule has 6 nitrogen and oxygen atoms in total. The molecule has 0 bridgehead atoms. The van der Waals surface area contributed by atoms with Crippen molar-refractivity contribution in [3.63, 3.8) is 0 Å². The highest BCUT2D eigenvalue weighted by Gasteiger charge is 2.06. The maximum atomic E-state index is 12.0. The van der Waals surface area contributed by atoms with Gasteiger partial charge in [0, 0.05) is 6.42 Å². The Kier molecular flexibility index (Phi) is 4.38. The van der Waals surface area contributed by atoms with Crippen LogP contribution in [0.3, 0.4) is 0 Å². The highest BCUT2D eigenvalue weighted by atomic mass is 16.2. The highest BCUT2D eigenvalue weighted by molar-refractivity contribution is 5.90. The molecule has 0 fully saturated rings. The van der Waals surface area contributed by atoms with Crippen LogP contribution in [-0.2, 0) is 11.3 Å². The minimum Gasteiger partial charge on any atom is -0.273 e. The minimum absolute atomic E-state index is 0.165. The van der Waals surface area contributed by atoms with E-state index < -0.39 is 0 Å². The van der Waals surface area contributed by atoms with E-state index in [4.69, 9.17) is 0 Å². The molecule has 0 aliphatic carbocycles. The molecule has 4 aromatic rings. The molecular formula is C20H17N5O. The smallest absolute Gasteiger partial charge is 0.241 e. The summed E-state index contributed by atoms with van der Waals surface area (Å²) in [6, 6.07) is 21.8. The van der Waals surface area contributed by atoms with Crippen LogP contribution >= 0.6 is 0 Å². The molecule has 0 radical (unpaired) electrons. The van der Waals surface area contributed by atoms with E-state index in [1.807, 2.05) is 60.7 Å². The number of carbonyl (C=O) groups is 1. The molecule has 0 saturated carbocycles. The van der Waals surface area contributed by atoms with Crippen LogP contribution in [-0.4, -0.2) is 27.1 Å². The van der Waals surface area contributed by atoms with E-state index in [1.54, 1.807) is 10.9 Å². The second-order valence-corrected chi connectivity index (χ2v) is 5.95. The fraction of sp³-hybridized carbons (Fsp3) is 0.100. The summed E-state index contributed by atoms with van der Waals surface area (Å²) < 4.78 is 1.72. The van der Waals surface area contributed by atoms with E-state index in [9.17, 15) is 4.79 Å². The Hall–Kier alpha value is -3.54. The van der Waals surface area contributed by atoms with Crippen molar-refractivity contribution in [1.82, 2.24) is 20.4 Å². The normalized spacial score (nSPS) is 11.4. The number of hydrogen-bond acceptors (Lipinski definition) is 4. The predicted molar refractivity (Wildman–Crippen MR) is 102 cm³/mol. The number of fused-ring (bicyclic) bond motifs is 2. The van der Waals surface area contributed by atoms with Crippen molar-refractivity contribution >= 4 is 33.9 Å². The number of aromatic nitrogens is 3. The maximum absolute atomic E-state index is 12.0. The van der Waals surface area contributed by atoms with E-state index >= 15 is 0 Å². The molecule has 1 heterocycles. The van der Waals surface area contributed by atoms with Crippen molar-refractivity contribution in [3.05, 3.63) is 72.3 Å². The summed E-state index contributed by atoms with van der Waals surface area (Å²) in [7, 11) is 0. The van der Waals surface area contributed by atoms with E-state index in [1.165, 1.54) is 5.39 Å². The number of aryl methyl sites for hydroxylation is 1. The number of hydrogen-bond donors (Lipinski definition) is 1. The Morgan fingerprint density at radius 1 is 1.04 bits per heavy atom. The first-order valence-corrected chi connectivity index (χ1v) is 8.38. The van der Waals surface area contributed by atoms with Crippen LogP contribution in [0.4, 0.5) is 0 Å². The third-order valence-electron chi connectivity index (χ3n) is 4.15. The molecule has 0 aliphatic heterocycles. The lowest BCUT2D eigenvalue weighted by Gasteiger charge is -2.02. The van der Waals surface area contributed by atoms with Gasteiger partial charge in [-0.1, -0.05) is 53.7 Å². The molecule has 1 amide bonds. The number of carbonyl (C=O) groups excluding carboxylic acids is 1. The SMILES string of the molecule is O=C(CCn1nnc2ccccc21)N/N=C\c1ccc2ccccc2c1. The summed E-state index contributed by atoms with van der Waals surface area (Å²) in [4.78, 5) is 12.0. The second kappa shape index (κ2) is 7.14. The lowest BCUT2D eigenvalue weighted by molar-refractivity contribution is -0.121. The van der Waals surface area contributed by atoms with Crippen LogP contribution in [0.15, 0.2) is 71.8 Å². The van der Waals surface area contributed by atoms with Gasteiger partial charge in [-0.3, -0.25) is 4.79 Å². The standard InChI is InChI=1S/C20H17N5O/c26-20(11-12-25-19-8-4-3-7-18(19)22-24-25)23-21-14-15-9-10-16-5-1-2-6-17(16)13-15/h1-10,13-14H,11-12H2,(H,23,26)/b21-14-.